The molecule has 100 valence electrons. The SMILES string of the molecule is CSCCCCCNC(=O)c1ccc(O)c(C)c1. The Labute approximate surface area is 113 Å². The van der Waals surface area contributed by atoms with Crippen molar-refractivity contribution in [3.05, 3.63) is 29.3 Å². The third kappa shape index (κ3) is 5.00. The van der Waals surface area contributed by atoms with E-state index >= 15 is 0 Å². The fourth-order valence-corrected chi connectivity index (χ4v) is 2.14. The summed E-state index contributed by atoms with van der Waals surface area (Å²) in [6, 6.07) is 4.91. The van der Waals surface area contributed by atoms with Gasteiger partial charge >= 0.3 is 0 Å². The van der Waals surface area contributed by atoms with E-state index in [1.807, 2.05) is 11.8 Å². The van der Waals surface area contributed by atoms with Crippen molar-refractivity contribution in [1.82, 2.24) is 5.32 Å². The second-order valence-electron chi connectivity index (χ2n) is 4.31. The molecule has 0 spiro atoms. The molecule has 0 saturated carbocycles. The summed E-state index contributed by atoms with van der Waals surface area (Å²) in [5.74, 6) is 1.34. The van der Waals surface area contributed by atoms with E-state index in [1.165, 1.54) is 12.2 Å². The van der Waals surface area contributed by atoms with E-state index in [0.29, 0.717) is 12.1 Å². The van der Waals surface area contributed by atoms with Crippen LogP contribution in [-0.4, -0.2) is 29.6 Å². The molecule has 0 fully saturated rings. The van der Waals surface area contributed by atoms with Gasteiger partial charge in [-0.2, -0.15) is 11.8 Å². The van der Waals surface area contributed by atoms with Gasteiger partial charge < -0.3 is 10.4 Å². The Hall–Kier alpha value is -1.16. The predicted octanol–water partition coefficient (Wildman–Crippen LogP) is 2.96. The van der Waals surface area contributed by atoms with Crippen LogP contribution in [0, 0.1) is 6.92 Å². The molecule has 3 nitrogen and oxygen atoms in total. The fourth-order valence-electron chi connectivity index (χ4n) is 1.65. The summed E-state index contributed by atoms with van der Waals surface area (Å²) in [6.45, 7) is 2.50. The molecule has 0 heterocycles. The average Bonchev–Trinajstić information content (AvgIpc) is 2.36. The maximum atomic E-state index is 11.8. The summed E-state index contributed by atoms with van der Waals surface area (Å²) in [4.78, 5) is 11.8. The molecule has 1 amide bonds. The molecule has 1 aromatic rings. The van der Waals surface area contributed by atoms with E-state index in [4.69, 9.17) is 0 Å². The van der Waals surface area contributed by atoms with Crippen molar-refractivity contribution in [2.24, 2.45) is 0 Å². The molecule has 1 rings (SSSR count). The highest BCUT2D eigenvalue weighted by atomic mass is 32.2. The molecule has 0 saturated heterocycles. The highest BCUT2D eigenvalue weighted by Crippen LogP contribution is 2.16. The predicted molar refractivity (Wildman–Crippen MR) is 77.4 cm³/mol. The number of carbonyl (C=O) groups is 1. The van der Waals surface area contributed by atoms with Crippen molar-refractivity contribution in [1.29, 1.82) is 0 Å². The minimum absolute atomic E-state index is 0.0667. The Kier molecular flexibility index (Phi) is 6.65. The smallest absolute Gasteiger partial charge is 0.251 e. The van der Waals surface area contributed by atoms with Gasteiger partial charge in [-0.25, -0.2) is 0 Å². The summed E-state index contributed by atoms with van der Waals surface area (Å²) in [6.07, 6.45) is 5.48. The molecule has 0 aliphatic heterocycles. The zero-order valence-corrected chi connectivity index (χ0v) is 11.8. The molecule has 0 atom stereocenters. The Morgan fingerprint density at radius 3 is 2.78 bits per heavy atom. The third-order valence-electron chi connectivity index (χ3n) is 2.77. The molecule has 0 radical (unpaired) electrons. The van der Waals surface area contributed by atoms with Gasteiger partial charge in [-0.15, -0.1) is 0 Å². The lowest BCUT2D eigenvalue weighted by atomic mass is 10.1. The number of amides is 1. The zero-order valence-electron chi connectivity index (χ0n) is 11.0. The Morgan fingerprint density at radius 1 is 1.33 bits per heavy atom. The number of phenols is 1. The lowest BCUT2D eigenvalue weighted by Gasteiger charge is -2.06. The average molecular weight is 267 g/mol. The van der Waals surface area contributed by atoms with Gasteiger partial charge in [0, 0.05) is 12.1 Å². The summed E-state index contributed by atoms with van der Waals surface area (Å²) in [7, 11) is 0. The van der Waals surface area contributed by atoms with Gasteiger partial charge in [0.2, 0.25) is 0 Å². The van der Waals surface area contributed by atoms with E-state index in [0.717, 1.165) is 18.4 Å². The molecule has 0 bridgehead atoms. The van der Waals surface area contributed by atoms with Gasteiger partial charge in [-0.3, -0.25) is 4.79 Å². The van der Waals surface area contributed by atoms with Crippen LogP contribution in [0.1, 0.15) is 35.2 Å². The third-order valence-corrected chi connectivity index (χ3v) is 3.47. The molecule has 1 aromatic carbocycles. The second-order valence-corrected chi connectivity index (χ2v) is 5.30. The van der Waals surface area contributed by atoms with E-state index in [9.17, 15) is 9.90 Å². The molecule has 2 N–H and O–H groups in total. The minimum Gasteiger partial charge on any atom is -0.508 e. The Balaban J connectivity index is 2.30. The van der Waals surface area contributed by atoms with Crippen LogP contribution in [0.3, 0.4) is 0 Å². The number of carbonyl (C=O) groups excluding carboxylic acids is 1. The lowest BCUT2D eigenvalue weighted by molar-refractivity contribution is 0.0953. The van der Waals surface area contributed by atoms with E-state index < -0.39 is 0 Å². The molecule has 0 aliphatic carbocycles. The van der Waals surface area contributed by atoms with Crippen molar-refractivity contribution in [2.45, 2.75) is 26.2 Å². The molecular weight excluding hydrogens is 246 g/mol. The number of hydrogen-bond acceptors (Lipinski definition) is 3. The number of hydrogen-bond donors (Lipinski definition) is 2. The number of thioether (sulfide) groups is 1. The topological polar surface area (TPSA) is 49.3 Å². The molecule has 18 heavy (non-hydrogen) atoms. The Morgan fingerprint density at radius 2 is 2.11 bits per heavy atom. The second kappa shape index (κ2) is 8.03. The highest BCUT2D eigenvalue weighted by molar-refractivity contribution is 7.98. The lowest BCUT2D eigenvalue weighted by Crippen LogP contribution is -2.24. The van der Waals surface area contributed by atoms with Crippen molar-refractivity contribution >= 4 is 17.7 Å². The zero-order chi connectivity index (χ0) is 13.4. The Bertz CT molecular complexity index is 393. The molecule has 0 aliphatic rings. The first kappa shape index (κ1) is 14.9. The van der Waals surface area contributed by atoms with Crippen LogP contribution in [0.5, 0.6) is 5.75 Å². The standard InChI is InChI=1S/C14H21NO2S/c1-11-10-12(6-7-13(11)16)14(17)15-8-4-3-5-9-18-2/h6-7,10,16H,3-5,8-9H2,1-2H3,(H,15,17). The van der Waals surface area contributed by atoms with Crippen LogP contribution in [0.25, 0.3) is 0 Å². The monoisotopic (exact) mass is 267 g/mol. The first-order chi connectivity index (χ1) is 8.65. The molecule has 4 heteroatoms. The van der Waals surface area contributed by atoms with Gasteiger partial charge in [0.05, 0.1) is 0 Å². The van der Waals surface area contributed by atoms with Crippen LogP contribution < -0.4 is 5.32 Å². The first-order valence-corrected chi connectivity index (χ1v) is 7.61. The summed E-state index contributed by atoms with van der Waals surface area (Å²) in [5.41, 5.74) is 1.33. The molecule has 0 aromatic heterocycles. The van der Waals surface area contributed by atoms with Gasteiger partial charge in [0.25, 0.3) is 5.91 Å². The largest absolute Gasteiger partial charge is 0.508 e. The summed E-state index contributed by atoms with van der Waals surface area (Å²) in [5, 5.41) is 12.3. The minimum atomic E-state index is -0.0667. The van der Waals surface area contributed by atoms with Crippen molar-refractivity contribution in [3.8, 4) is 5.75 Å². The van der Waals surface area contributed by atoms with E-state index in [-0.39, 0.29) is 11.7 Å². The maximum Gasteiger partial charge on any atom is 0.251 e. The normalized spacial score (nSPS) is 10.3. The quantitative estimate of drug-likeness (QED) is 0.747. The number of phenolic OH excluding ortho intramolecular Hbond substituents is 1. The number of rotatable bonds is 7. The van der Waals surface area contributed by atoms with Crippen molar-refractivity contribution < 1.29 is 9.90 Å². The number of aryl methyl sites for hydroxylation is 1. The highest BCUT2D eigenvalue weighted by Gasteiger charge is 2.06. The van der Waals surface area contributed by atoms with Crippen molar-refractivity contribution in [3.63, 3.8) is 0 Å². The van der Waals surface area contributed by atoms with Gasteiger partial charge in [-0.1, -0.05) is 6.42 Å². The summed E-state index contributed by atoms with van der Waals surface area (Å²) < 4.78 is 0. The molecular formula is C14H21NO2S. The van der Waals surface area contributed by atoms with Crippen LogP contribution >= 0.6 is 11.8 Å². The van der Waals surface area contributed by atoms with Crippen LogP contribution in [0.15, 0.2) is 18.2 Å². The van der Waals surface area contributed by atoms with Gasteiger partial charge in [-0.05, 0) is 55.5 Å². The maximum absolute atomic E-state index is 11.8. The number of unbranched alkanes of at least 4 members (excludes halogenated alkanes) is 2. The van der Waals surface area contributed by atoms with E-state index in [1.54, 1.807) is 25.1 Å². The summed E-state index contributed by atoms with van der Waals surface area (Å²) >= 11 is 1.85. The number of benzene rings is 1. The first-order valence-electron chi connectivity index (χ1n) is 6.22. The van der Waals surface area contributed by atoms with Crippen LogP contribution in [0.2, 0.25) is 0 Å². The van der Waals surface area contributed by atoms with Crippen LogP contribution in [0.4, 0.5) is 0 Å². The molecule has 0 unspecified atom stereocenters. The number of aromatic hydroxyl groups is 1. The fraction of sp³-hybridized carbons (Fsp3) is 0.500. The van der Waals surface area contributed by atoms with E-state index in [2.05, 4.69) is 11.6 Å². The van der Waals surface area contributed by atoms with Crippen LogP contribution in [-0.2, 0) is 0 Å². The van der Waals surface area contributed by atoms with Gasteiger partial charge in [0.15, 0.2) is 0 Å². The van der Waals surface area contributed by atoms with Gasteiger partial charge in [0.1, 0.15) is 5.75 Å². The van der Waals surface area contributed by atoms with Crippen molar-refractivity contribution in [2.75, 3.05) is 18.6 Å². The number of nitrogens with one attached hydrogen (secondary N) is 1.